The van der Waals surface area contributed by atoms with Gasteiger partial charge in [0.2, 0.25) is 11.7 Å². The fourth-order valence-corrected chi connectivity index (χ4v) is 3.42. The number of nitrogens with two attached hydrogens (primary N) is 1. The van der Waals surface area contributed by atoms with Gasteiger partial charge in [-0.25, -0.2) is 4.98 Å². The molecule has 0 spiro atoms. The number of carbonyl (C=O) groups excluding carboxylic acids is 1. The smallest absolute Gasteiger partial charge is 0.288 e. The molecule has 3 aromatic rings. The third-order valence-electron chi connectivity index (χ3n) is 4.95. The molecule has 0 saturated carbocycles. The molecule has 2 N–H and O–H groups in total. The van der Waals surface area contributed by atoms with Crippen LogP contribution in [0.2, 0.25) is 0 Å². The van der Waals surface area contributed by atoms with Crippen molar-refractivity contribution in [2.75, 3.05) is 18.0 Å². The summed E-state index contributed by atoms with van der Waals surface area (Å²) in [6, 6.07) is 10.8. The topological polar surface area (TPSA) is 141 Å². The largest absolute Gasteiger partial charge is 0.365 e. The molecule has 0 aliphatic carbocycles. The number of hydrogen-bond donors (Lipinski definition) is 1. The highest BCUT2D eigenvalue weighted by molar-refractivity contribution is 5.98. The summed E-state index contributed by atoms with van der Waals surface area (Å²) >= 11 is 0. The normalized spacial score (nSPS) is 14.7. The molecule has 1 fully saturated rings. The lowest BCUT2D eigenvalue weighted by atomic mass is 9.96. The molecule has 4 rings (SSSR count). The van der Waals surface area contributed by atoms with Crippen molar-refractivity contribution in [2.24, 2.45) is 5.73 Å². The number of piperidine rings is 1. The van der Waals surface area contributed by atoms with E-state index in [1.165, 1.54) is 6.07 Å². The third kappa shape index (κ3) is 3.77. The number of nitrogens with zero attached hydrogens (tertiary/aromatic N) is 5. The van der Waals surface area contributed by atoms with Gasteiger partial charge in [-0.3, -0.25) is 14.9 Å². The molecule has 3 heterocycles. The average molecular weight is 394 g/mol. The molecule has 29 heavy (non-hydrogen) atoms. The fraction of sp³-hybridized carbons (Fsp3) is 0.263. The van der Waals surface area contributed by atoms with Crippen molar-refractivity contribution in [3.63, 3.8) is 0 Å². The molecule has 10 nitrogen and oxygen atoms in total. The molecule has 1 saturated heterocycles. The zero-order chi connectivity index (χ0) is 20.4. The van der Waals surface area contributed by atoms with E-state index in [1.807, 2.05) is 35.2 Å². The maximum atomic E-state index is 11.8. The van der Waals surface area contributed by atoms with E-state index in [0.717, 1.165) is 11.8 Å². The third-order valence-corrected chi connectivity index (χ3v) is 4.95. The number of rotatable bonds is 5. The highest BCUT2D eigenvalue weighted by Crippen LogP contribution is 2.32. The highest BCUT2D eigenvalue weighted by Gasteiger charge is 2.28. The van der Waals surface area contributed by atoms with Gasteiger partial charge in [0.25, 0.3) is 11.6 Å². The van der Waals surface area contributed by atoms with Crippen LogP contribution in [0.25, 0.3) is 11.4 Å². The first-order valence-corrected chi connectivity index (χ1v) is 9.11. The molecule has 0 atom stereocenters. The lowest BCUT2D eigenvalue weighted by Crippen LogP contribution is -2.35. The van der Waals surface area contributed by atoms with Crippen LogP contribution < -0.4 is 10.6 Å². The van der Waals surface area contributed by atoms with Gasteiger partial charge in [0.15, 0.2) is 0 Å². The molecule has 0 radical (unpaired) electrons. The predicted molar refractivity (Wildman–Crippen MR) is 103 cm³/mol. The van der Waals surface area contributed by atoms with Crippen LogP contribution in [0.4, 0.5) is 11.5 Å². The van der Waals surface area contributed by atoms with Crippen molar-refractivity contribution in [3.05, 3.63) is 64.2 Å². The van der Waals surface area contributed by atoms with Crippen molar-refractivity contribution in [1.82, 2.24) is 15.1 Å². The van der Waals surface area contributed by atoms with E-state index < -0.39 is 10.8 Å². The van der Waals surface area contributed by atoms with Crippen molar-refractivity contribution in [3.8, 4) is 11.4 Å². The number of aromatic nitrogens is 3. The van der Waals surface area contributed by atoms with Crippen molar-refractivity contribution >= 4 is 17.4 Å². The highest BCUT2D eigenvalue weighted by atomic mass is 16.6. The zero-order valence-corrected chi connectivity index (χ0v) is 15.4. The van der Waals surface area contributed by atoms with Crippen LogP contribution in [-0.2, 0) is 0 Å². The fourth-order valence-electron chi connectivity index (χ4n) is 3.42. The Balaban J connectivity index is 1.48. The Kier molecular flexibility index (Phi) is 4.90. The monoisotopic (exact) mass is 394 g/mol. The van der Waals surface area contributed by atoms with E-state index in [0.29, 0.717) is 43.5 Å². The van der Waals surface area contributed by atoms with Gasteiger partial charge >= 0.3 is 0 Å². The molecule has 2 aromatic heterocycles. The number of benzene rings is 1. The van der Waals surface area contributed by atoms with Crippen molar-refractivity contribution < 1.29 is 14.2 Å². The number of nitro groups is 1. The number of primary amides is 1. The van der Waals surface area contributed by atoms with Gasteiger partial charge < -0.3 is 15.2 Å². The minimum atomic E-state index is -0.747. The zero-order valence-electron chi connectivity index (χ0n) is 15.4. The summed E-state index contributed by atoms with van der Waals surface area (Å²) in [5, 5.41) is 15.0. The molecule has 10 heteroatoms. The van der Waals surface area contributed by atoms with E-state index in [2.05, 4.69) is 15.1 Å². The Bertz CT molecular complexity index is 1040. The van der Waals surface area contributed by atoms with E-state index in [1.54, 1.807) is 0 Å². The number of carbonyl (C=O) groups is 1. The molecular weight excluding hydrogens is 376 g/mol. The van der Waals surface area contributed by atoms with Crippen LogP contribution in [0.3, 0.4) is 0 Å². The maximum Gasteiger partial charge on any atom is 0.288 e. The van der Waals surface area contributed by atoms with Crippen LogP contribution in [0.5, 0.6) is 0 Å². The quantitative estimate of drug-likeness (QED) is 0.514. The first-order valence-electron chi connectivity index (χ1n) is 9.11. The predicted octanol–water partition coefficient (Wildman–Crippen LogP) is 2.52. The molecule has 1 amide bonds. The van der Waals surface area contributed by atoms with Gasteiger partial charge in [0, 0.05) is 30.6 Å². The van der Waals surface area contributed by atoms with Gasteiger partial charge in [-0.05, 0) is 12.8 Å². The van der Waals surface area contributed by atoms with Gasteiger partial charge in [-0.1, -0.05) is 35.5 Å². The van der Waals surface area contributed by atoms with E-state index in [9.17, 15) is 14.9 Å². The van der Waals surface area contributed by atoms with Crippen LogP contribution in [0.1, 0.15) is 35.0 Å². The minimum Gasteiger partial charge on any atom is -0.365 e. The van der Waals surface area contributed by atoms with Gasteiger partial charge in [0.05, 0.1) is 10.5 Å². The second kappa shape index (κ2) is 7.66. The number of anilines is 1. The number of pyridine rings is 1. The Hall–Kier alpha value is -3.82. The van der Waals surface area contributed by atoms with Gasteiger partial charge in [-0.2, -0.15) is 4.98 Å². The summed E-state index contributed by atoms with van der Waals surface area (Å²) in [5.41, 5.74) is 6.07. The molecule has 1 aliphatic rings. The maximum absolute atomic E-state index is 11.8. The van der Waals surface area contributed by atoms with E-state index >= 15 is 0 Å². The van der Waals surface area contributed by atoms with Gasteiger partial charge in [-0.15, -0.1) is 0 Å². The summed E-state index contributed by atoms with van der Waals surface area (Å²) in [5.74, 6) is 0.831. The summed E-state index contributed by atoms with van der Waals surface area (Å²) in [6.45, 7) is 1.16. The molecule has 148 valence electrons. The molecular formula is C19H18N6O4. The Labute approximate surface area is 165 Å². The van der Waals surface area contributed by atoms with E-state index in [-0.39, 0.29) is 17.2 Å². The molecule has 1 aromatic carbocycles. The molecule has 1 aliphatic heterocycles. The Morgan fingerprint density at radius 3 is 2.62 bits per heavy atom. The lowest BCUT2D eigenvalue weighted by Gasteiger charge is -2.32. The Morgan fingerprint density at radius 2 is 1.97 bits per heavy atom. The summed E-state index contributed by atoms with van der Waals surface area (Å²) in [4.78, 5) is 32.6. The summed E-state index contributed by atoms with van der Waals surface area (Å²) in [6.07, 6.45) is 2.57. The minimum absolute atomic E-state index is 0.0433. The van der Waals surface area contributed by atoms with Crippen LogP contribution in [0, 0.1) is 10.1 Å². The Morgan fingerprint density at radius 1 is 1.24 bits per heavy atom. The van der Waals surface area contributed by atoms with Gasteiger partial charge in [0.1, 0.15) is 12.0 Å². The van der Waals surface area contributed by atoms with Crippen LogP contribution >= 0.6 is 0 Å². The SMILES string of the molecule is NC(=O)c1cc([N+](=O)[O-])cnc1N1CCC(c2nc(-c3ccccc3)no2)CC1. The first kappa shape index (κ1) is 18.5. The van der Waals surface area contributed by atoms with Crippen LogP contribution in [-0.4, -0.2) is 39.0 Å². The van der Waals surface area contributed by atoms with Crippen molar-refractivity contribution in [1.29, 1.82) is 0 Å². The summed E-state index contributed by atoms with van der Waals surface area (Å²) < 4.78 is 5.46. The van der Waals surface area contributed by atoms with E-state index in [4.69, 9.17) is 10.3 Å². The number of hydrogen-bond acceptors (Lipinski definition) is 8. The molecule has 0 unspecified atom stereocenters. The second-order valence-corrected chi connectivity index (χ2v) is 6.77. The van der Waals surface area contributed by atoms with Crippen molar-refractivity contribution in [2.45, 2.75) is 18.8 Å². The molecule has 0 bridgehead atoms. The van der Waals surface area contributed by atoms with Crippen LogP contribution in [0.15, 0.2) is 47.1 Å². The second-order valence-electron chi connectivity index (χ2n) is 6.77. The average Bonchev–Trinajstić information content (AvgIpc) is 3.24. The summed E-state index contributed by atoms with van der Waals surface area (Å²) in [7, 11) is 0. The standard InChI is InChI=1S/C19H18N6O4/c20-16(26)15-10-14(25(27)28)11-21-18(15)24-8-6-13(7-9-24)19-22-17(23-29-19)12-4-2-1-3-5-12/h1-5,10-11,13H,6-9H2,(H2,20,26). The lowest BCUT2D eigenvalue weighted by molar-refractivity contribution is -0.385. The first-order chi connectivity index (χ1) is 14.0. The number of amides is 1.